The number of nitrogens with two attached hydrogens (primary N) is 1. The Morgan fingerprint density at radius 1 is 1.44 bits per heavy atom. The molecule has 86 valence electrons. The Morgan fingerprint density at radius 3 is 2.62 bits per heavy atom. The van der Waals surface area contributed by atoms with Crippen LogP contribution in [0.2, 0.25) is 0 Å². The van der Waals surface area contributed by atoms with Crippen molar-refractivity contribution >= 4 is 11.6 Å². The summed E-state index contributed by atoms with van der Waals surface area (Å²) in [6.45, 7) is 3.84. The predicted molar refractivity (Wildman–Crippen MR) is 65.3 cm³/mol. The second-order valence-electron chi connectivity index (χ2n) is 4.35. The highest BCUT2D eigenvalue weighted by atomic mass is 16.1. The van der Waals surface area contributed by atoms with Gasteiger partial charge in [-0.3, -0.25) is 4.79 Å². The Hall–Kier alpha value is -1.51. The number of primary amides is 1. The molecule has 1 unspecified atom stereocenters. The number of rotatable bonds is 3. The van der Waals surface area contributed by atoms with E-state index in [1.165, 1.54) is 11.3 Å². The lowest BCUT2D eigenvalue weighted by Gasteiger charge is -2.18. The molecule has 1 aromatic carbocycles. The van der Waals surface area contributed by atoms with E-state index in [1.807, 2.05) is 0 Å². The number of anilines is 1. The minimum absolute atomic E-state index is 0.0193. The second kappa shape index (κ2) is 4.56. The van der Waals surface area contributed by atoms with Crippen LogP contribution < -0.4 is 10.6 Å². The number of hydrogen-bond acceptors (Lipinski definition) is 2. The highest BCUT2D eigenvalue weighted by Crippen LogP contribution is 2.23. The smallest absolute Gasteiger partial charge is 0.222 e. The van der Waals surface area contributed by atoms with Crippen molar-refractivity contribution < 1.29 is 4.79 Å². The third-order valence-corrected chi connectivity index (χ3v) is 3.30. The van der Waals surface area contributed by atoms with Gasteiger partial charge in [0.25, 0.3) is 0 Å². The van der Waals surface area contributed by atoms with Crippen molar-refractivity contribution in [3.63, 3.8) is 0 Å². The van der Waals surface area contributed by atoms with Crippen LogP contribution in [0.25, 0.3) is 0 Å². The maximum Gasteiger partial charge on any atom is 0.222 e. The first kappa shape index (κ1) is 11.0. The zero-order chi connectivity index (χ0) is 11.5. The largest absolute Gasteiger partial charge is 0.371 e. The van der Waals surface area contributed by atoms with Crippen LogP contribution in [0.3, 0.4) is 0 Å². The van der Waals surface area contributed by atoms with Crippen LogP contribution in [0.1, 0.15) is 18.9 Å². The van der Waals surface area contributed by atoms with Gasteiger partial charge in [0.15, 0.2) is 0 Å². The first-order valence-corrected chi connectivity index (χ1v) is 5.84. The van der Waals surface area contributed by atoms with Gasteiger partial charge in [-0.05, 0) is 30.5 Å². The van der Waals surface area contributed by atoms with Crippen LogP contribution in [0.15, 0.2) is 24.3 Å². The van der Waals surface area contributed by atoms with Crippen LogP contribution in [0.4, 0.5) is 5.69 Å². The highest BCUT2D eigenvalue weighted by Gasteiger charge is 2.26. The molecular formula is C13H18N2O. The Morgan fingerprint density at radius 2 is 2.12 bits per heavy atom. The van der Waals surface area contributed by atoms with E-state index in [-0.39, 0.29) is 11.8 Å². The maximum absolute atomic E-state index is 11.1. The molecule has 1 heterocycles. The molecule has 0 radical (unpaired) electrons. The van der Waals surface area contributed by atoms with Gasteiger partial charge in [0.05, 0.1) is 5.92 Å². The summed E-state index contributed by atoms with van der Waals surface area (Å²) in [5.74, 6) is -0.154. The molecule has 0 aliphatic carbocycles. The van der Waals surface area contributed by atoms with Gasteiger partial charge < -0.3 is 10.6 Å². The molecule has 0 bridgehead atoms. The van der Waals surface area contributed by atoms with Gasteiger partial charge in [-0.2, -0.15) is 0 Å². The zero-order valence-corrected chi connectivity index (χ0v) is 9.65. The Labute approximate surface area is 96.2 Å². The summed E-state index contributed by atoms with van der Waals surface area (Å²) >= 11 is 0. The van der Waals surface area contributed by atoms with E-state index >= 15 is 0 Å². The molecule has 1 amide bonds. The molecule has 2 rings (SSSR count). The molecule has 1 fully saturated rings. The Kier molecular flexibility index (Phi) is 3.13. The van der Waals surface area contributed by atoms with Gasteiger partial charge in [0, 0.05) is 18.8 Å². The molecule has 3 heteroatoms. The van der Waals surface area contributed by atoms with Crippen molar-refractivity contribution in [2.75, 3.05) is 18.0 Å². The fraction of sp³-hybridized carbons (Fsp3) is 0.462. The average Bonchev–Trinajstić information content (AvgIpc) is 2.78. The number of benzene rings is 1. The monoisotopic (exact) mass is 218 g/mol. The fourth-order valence-electron chi connectivity index (χ4n) is 2.17. The predicted octanol–water partition coefficient (Wildman–Crippen LogP) is 1.56. The molecule has 2 N–H and O–H groups in total. The van der Waals surface area contributed by atoms with E-state index in [4.69, 9.17) is 5.73 Å². The molecule has 1 atom stereocenters. The Balaban J connectivity index is 2.05. The van der Waals surface area contributed by atoms with E-state index < -0.39 is 0 Å². The molecule has 0 spiro atoms. The number of aryl methyl sites for hydroxylation is 1. The second-order valence-corrected chi connectivity index (χ2v) is 4.35. The topological polar surface area (TPSA) is 46.3 Å². The standard InChI is InChI=1S/C13H18N2O/c1-2-10-3-5-12(6-4-10)15-8-7-11(9-15)13(14)16/h3-6,11H,2,7-9H2,1H3,(H2,14,16). The maximum atomic E-state index is 11.1. The van der Waals surface area contributed by atoms with Gasteiger partial charge in [-0.15, -0.1) is 0 Å². The summed E-state index contributed by atoms with van der Waals surface area (Å²) in [6.07, 6.45) is 1.94. The van der Waals surface area contributed by atoms with Gasteiger partial charge in [-0.25, -0.2) is 0 Å². The zero-order valence-electron chi connectivity index (χ0n) is 9.65. The van der Waals surface area contributed by atoms with Crippen LogP contribution in [-0.4, -0.2) is 19.0 Å². The first-order valence-electron chi connectivity index (χ1n) is 5.84. The first-order chi connectivity index (χ1) is 7.70. The molecule has 1 aromatic rings. The summed E-state index contributed by atoms with van der Waals surface area (Å²) in [4.78, 5) is 13.3. The van der Waals surface area contributed by atoms with Crippen molar-refractivity contribution in [2.45, 2.75) is 19.8 Å². The Bertz CT molecular complexity index is 372. The third-order valence-electron chi connectivity index (χ3n) is 3.30. The van der Waals surface area contributed by atoms with Gasteiger partial charge in [0.1, 0.15) is 0 Å². The van der Waals surface area contributed by atoms with E-state index in [1.54, 1.807) is 0 Å². The number of hydrogen-bond donors (Lipinski definition) is 1. The fourth-order valence-corrected chi connectivity index (χ4v) is 2.17. The van der Waals surface area contributed by atoms with Crippen LogP contribution in [0.5, 0.6) is 0 Å². The molecule has 1 aliphatic heterocycles. The summed E-state index contributed by atoms with van der Waals surface area (Å²) in [6, 6.07) is 8.55. The molecule has 16 heavy (non-hydrogen) atoms. The lowest BCUT2D eigenvalue weighted by Crippen LogP contribution is -2.27. The molecule has 0 saturated carbocycles. The number of carbonyl (C=O) groups is 1. The SMILES string of the molecule is CCc1ccc(N2CCC(C(N)=O)C2)cc1. The van der Waals surface area contributed by atoms with E-state index in [9.17, 15) is 4.79 Å². The van der Waals surface area contributed by atoms with Gasteiger partial charge >= 0.3 is 0 Å². The molecule has 1 aliphatic rings. The summed E-state index contributed by atoms with van der Waals surface area (Å²) in [5, 5.41) is 0. The summed E-state index contributed by atoms with van der Waals surface area (Å²) < 4.78 is 0. The van der Waals surface area contributed by atoms with Gasteiger partial charge in [0.2, 0.25) is 5.91 Å². The minimum atomic E-state index is -0.173. The molecule has 3 nitrogen and oxygen atoms in total. The van der Waals surface area contributed by atoms with Crippen molar-refractivity contribution in [3.05, 3.63) is 29.8 Å². The molecule has 0 aromatic heterocycles. The van der Waals surface area contributed by atoms with E-state index in [0.29, 0.717) is 0 Å². The lowest BCUT2D eigenvalue weighted by atomic mass is 10.1. The van der Waals surface area contributed by atoms with Crippen molar-refractivity contribution in [3.8, 4) is 0 Å². The van der Waals surface area contributed by atoms with Crippen LogP contribution >= 0.6 is 0 Å². The van der Waals surface area contributed by atoms with Crippen LogP contribution in [-0.2, 0) is 11.2 Å². The molecule has 1 saturated heterocycles. The third kappa shape index (κ3) is 2.18. The van der Waals surface area contributed by atoms with E-state index in [2.05, 4.69) is 36.1 Å². The highest BCUT2D eigenvalue weighted by molar-refractivity contribution is 5.78. The van der Waals surface area contributed by atoms with Crippen molar-refractivity contribution in [2.24, 2.45) is 11.7 Å². The number of amides is 1. The van der Waals surface area contributed by atoms with Crippen molar-refractivity contribution in [1.29, 1.82) is 0 Å². The quantitative estimate of drug-likeness (QED) is 0.837. The number of nitrogens with zero attached hydrogens (tertiary/aromatic N) is 1. The normalized spacial score (nSPS) is 20.1. The van der Waals surface area contributed by atoms with Crippen molar-refractivity contribution in [1.82, 2.24) is 0 Å². The minimum Gasteiger partial charge on any atom is -0.371 e. The lowest BCUT2D eigenvalue weighted by molar-refractivity contribution is -0.121. The summed E-state index contributed by atoms with van der Waals surface area (Å²) in [7, 11) is 0. The number of carbonyl (C=O) groups excluding carboxylic acids is 1. The summed E-state index contributed by atoms with van der Waals surface area (Å²) in [5.41, 5.74) is 7.86. The van der Waals surface area contributed by atoms with E-state index in [0.717, 1.165) is 25.9 Å². The average molecular weight is 218 g/mol. The van der Waals surface area contributed by atoms with Crippen LogP contribution in [0, 0.1) is 5.92 Å². The molecular weight excluding hydrogens is 200 g/mol. The van der Waals surface area contributed by atoms with Gasteiger partial charge in [-0.1, -0.05) is 19.1 Å².